The molecule has 0 aliphatic heterocycles. The van der Waals surface area contributed by atoms with E-state index in [2.05, 4.69) is 15.2 Å². The second-order valence-corrected chi connectivity index (χ2v) is 6.11. The highest BCUT2D eigenvalue weighted by Gasteiger charge is 2.11. The van der Waals surface area contributed by atoms with Crippen LogP contribution in [0.15, 0.2) is 71.0 Å². The maximum absolute atomic E-state index is 12.8. The van der Waals surface area contributed by atoms with E-state index in [1.807, 2.05) is 43.3 Å². The smallest absolute Gasteiger partial charge is 0.285 e. The summed E-state index contributed by atoms with van der Waals surface area (Å²) in [5, 5.41) is 8.92. The molecule has 0 saturated heterocycles. The molecule has 0 unspecified atom stereocenters. The first kappa shape index (κ1) is 18.4. The summed E-state index contributed by atoms with van der Waals surface area (Å²) in [7, 11) is 1.57. The van der Waals surface area contributed by atoms with Crippen LogP contribution >= 0.6 is 0 Å². The Morgan fingerprint density at radius 2 is 1.97 bits per heavy atom. The molecule has 0 bridgehead atoms. The van der Waals surface area contributed by atoms with Crippen molar-refractivity contribution in [2.24, 2.45) is 5.10 Å². The predicted molar refractivity (Wildman–Crippen MR) is 110 cm³/mol. The normalized spacial score (nSPS) is 11.2. The largest absolute Gasteiger partial charge is 0.493 e. The Balaban J connectivity index is 1.67. The van der Waals surface area contributed by atoms with E-state index in [0.29, 0.717) is 29.1 Å². The molecule has 0 aliphatic carbocycles. The first-order chi connectivity index (χ1) is 14.2. The Kier molecular flexibility index (Phi) is 5.07. The van der Waals surface area contributed by atoms with Crippen LogP contribution in [-0.2, 0) is 0 Å². The molecule has 0 atom stereocenters. The maximum atomic E-state index is 12.8. The predicted octanol–water partition coefficient (Wildman–Crippen LogP) is 2.87. The molecule has 29 heavy (non-hydrogen) atoms. The van der Waals surface area contributed by atoms with E-state index in [9.17, 15) is 4.79 Å². The van der Waals surface area contributed by atoms with Crippen molar-refractivity contribution in [1.82, 2.24) is 19.4 Å². The molecular formula is C21H19N5O3. The van der Waals surface area contributed by atoms with E-state index in [-0.39, 0.29) is 5.56 Å². The van der Waals surface area contributed by atoms with Gasteiger partial charge >= 0.3 is 0 Å². The molecule has 8 heteroatoms. The molecule has 8 nitrogen and oxygen atoms in total. The molecule has 0 N–H and O–H groups in total. The molecule has 4 rings (SSSR count). The summed E-state index contributed by atoms with van der Waals surface area (Å²) in [6.07, 6.45) is 4.45. The number of hydrogen-bond acceptors (Lipinski definition) is 6. The Labute approximate surface area is 166 Å². The number of methoxy groups -OCH3 is 1. The van der Waals surface area contributed by atoms with Crippen LogP contribution in [0, 0.1) is 0 Å². The van der Waals surface area contributed by atoms with Crippen LogP contribution in [0.25, 0.3) is 16.7 Å². The van der Waals surface area contributed by atoms with Crippen LogP contribution < -0.4 is 15.0 Å². The van der Waals surface area contributed by atoms with Gasteiger partial charge in [-0.1, -0.05) is 18.2 Å². The number of benzene rings is 2. The van der Waals surface area contributed by atoms with E-state index < -0.39 is 0 Å². The van der Waals surface area contributed by atoms with E-state index in [0.717, 1.165) is 11.3 Å². The third-order valence-corrected chi connectivity index (χ3v) is 4.29. The fraction of sp³-hybridized carbons (Fsp3) is 0.143. The summed E-state index contributed by atoms with van der Waals surface area (Å²) in [5.41, 5.74) is 1.77. The zero-order valence-corrected chi connectivity index (χ0v) is 16.0. The lowest BCUT2D eigenvalue weighted by molar-refractivity contribution is 0.311. The highest BCUT2D eigenvalue weighted by Crippen LogP contribution is 2.27. The van der Waals surface area contributed by atoms with E-state index in [4.69, 9.17) is 9.47 Å². The Bertz CT molecular complexity index is 1230. The molecule has 0 saturated carbocycles. The molecular weight excluding hydrogens is 370 g/mol. The molecule has 0 aliphatic rings. The summed E-state index contributed by atoms with van der Waals surface area (Å²) in [5.74, 6) is 1.25. The van der Waals surface area contributed by atoms with Gasteiger partial charge in [0.25, 0.3) is 5.56 Å². The molecule has 0 spiro atoms. The van der Waals surface area contributed by atoms with Crippen LogP contribution in [-0.4, -0.2) is 39.4 Å². The van der Waals surface area contributed by atoms with Crippen LogP contribution in [0.2, 0.25) is 0 Å². The number of para-hydroxylation sites is 1. The second-order valence-electron chi connectivity index (χ2n) is 6.11. The monoisotopic (exact) mass is 389 g/mol. The van der Waals surface area contributed by atoms with Gasteiger partial charge in [0, 0.05) is 0 Å². The third-order valence-electron chi connectivity index (χ3n) is 4.29. The molecule has 0 radical (unpaired) electrons. The van der Waals surface area contributed by atoms with Crippen molar-refractivity contribution >= 4 is 17.2 Å². The van der Waals surface area contributed by atoms with Gasteiger partial charge < -0.3 is 9.47 Å². The number of fused-ring (bicyclic) bond motifs is 1. The fourth-order valence-electron chi connectivity index (χ4n) is 2.91. The number of ether oxygens (including phenoxy) is 2. The van der Waals surface area contributed by atoms with Crippen LogP contribution in [0.3, 0.4) is 0 Å². The van der Waals surface area contributed by atoms with Crippen LogP contribution in [0.4, 0.5) is 0 Å². The molecule has 4 aromatic rings. The van der Waals surface area contributed by atoms with Gasteiger partial charge in [-0.3, -0.25) is 4.79 Å². The molecule has 0 amide bonds. The lowest BCUT2D eigenvalue weighted by Gasteiger charge is -2.09. The van der Waals surface area contributed by atoms with E-state index in [1.54, 1.807) is 30.1 Å². The Hall–Kier alpha value is -3.94. The molecule has 2 aromatic heterocycles. The van der Waals surface area contributed by atoms with Crippen molar-refractivity contribution < 1.29 is 9.47 Å². The number of hydrogen-bond donors (Lipinski definition) is 0. The van der Waals surface area contributed by atoms with Gasteiger partial charge in [0.15, 0.2) is 17.1 Å². The average molecular weight is 389 g/mol. The highest BCUT2D eigenvalue weighted by atomic mass is 16.5. The fourth-order valence-corrected chi connectivity index (χ4v) is 2.91. The third kappa shape index (κ3) is 3.60. The summed E-state index contributed by atoms with van der Waals surface area (Å²) >= 11 is 0. The lowest BCUT2D eigenvalue weighted by atomic mass is 10.2. The van der Waals surface area contributed by atoms with Crippen LogP contribution in [0.5, 0.6) is 11.5 Å². The zero-order chi connectivity index (χ0) is 20.2. The summed E-state index contributed by atoms with van der Waals surface area (Å²) in [6, 6.07) is 14.9. The minimum atomic E-state index is -0.300. The standard InChI is InChI=1S/C21H19N5O3/c1-3-29-18-10-9-15(11-19(18)28-2)12-23-25-14-22-20-17(21(25)27)13-24-26(20)16-7-5-4-6-8-16/h4-14H,3H2,1-2H3/b23-12-. The second kappa shape index (κ2) is 7.97. The number of rotatable bonds is 6. The van der Waals surface area contributed by atoms with Crippen molar-refractivity contribution in [2.75, 3.05) is 13.7 Å². The van der Waals surface area contributed by atoms with Crippen LogP contribution in [0.1, 0.15) is 12.5 Å². The van der Waals surface area contributed by atoms with Crippen molar-refractivity contribution in [2.45, 2.75) is 6.92 Å². The lowest BCUT2D eigenvalue weighted by Crippen LogP contribution is -2.17. The van der Waals surface area contributed by atoms with Gasteiger partial charge in [-0.05, 0) is 42.8 Å². The SMILES string of the molecule is CCOc1ccc(/C=N\n2cnc3c(cnn3-c3ccccc3)c2=O)cc1OC. The highest BCUT2D eigenvalue weighted by molar-refractivity contribution is 5.81. The topological polar surface area (TPSA) is 83.5 Å². The quantitative estimate of drug-likeness (QED) is 0.474. The summed E-state index contributed by atoms with van der Waals surface area (Å²) in [4.78, 5) is 17.1. The summed E-state index contributed by atoms with van der Waals surface area (Å²) in [6.45, 7) is 2.45. The van der Waals surface area contributed by atoms with Crippen molar-refractivity contribution in [3.63, 3.8) is 0 Å². The molecule has 2 aromatic carbocycles. The molecule has 146 valence electrons. The molecule has 0 fully saturated rings. The summed E-state index contributed by atoms with van der Waals surface area (Å²) < 4.78 is 13.7. The Morgan fingerprint density at radius 3 is 2.72 bits per heavy atom. The number of aromatic nitrogens is 4. The van der Waals surface area contributed by atoms with Gasteiger partial charge in [-0.25, -0.2) is 9.67 Å². The minimum absolute atomic E-state index is 0.300. The van der Waals surface area contributed by atoms with E-state index >= 15 is 0 Å². The van der Waals surface area contributed by atoms with E-state index in [1.165, 1.54) is 17.2 Å². The maximum Gasteiger partial charge on any atom is 0.285 e. The van der Waals surface area contributed by atoms with Gasteiger partial charge in [0.05, 0.1) is 31.8 Å². The number of nitrogens with zero attached hydrogens (tertiary/aromatic N) is 5. The van der Waals surface area contributed by atoms with Crippen molar-refractivity contribution in [3.8, 4) is 17.2 Å². The first-order valence-electron chi connectivity index (χ1n) is 9.07. The molecule has 2 heterocycles. The van der Waals surface area contributed by atoms with Gasteiger partial charge in [0.1, 0.15) is 11.7 Å². The van der Waals surface area contributed by atoms with Gasteiger partial charge in [0.2, 0.25) is 0 Å². The zero-order valence-electron chi connectivity index (χ0n) is 16.0. The first-order valence-corrected chi connectivity index (χ1v) is 9.07. The van der Waals surface area contributed by atoms with Crippen molar-refractivity contribution in [1.29, 1.82) is 0 Å². The van der Waals surface area contributed by atoms with Crippen molar-refractivity contribution in [3.05, 3.63) is 77.0 Å². The van der Waals surface area contributed by atoms with Gasteiger partial charge in [-0.2, -0.15) is 14.9 Å². The Morgan fingerprint density at radius 1 is 1.14 bits per heavy atom. The van der Waals surface area contributed by atoms with Gasteiger partial charge in [-0.15, -0.1) is 0 Å². The average Bonchev–Trinajstić information content (AvgIpc) is 3.20. The minimum Gasteiger partial charge on any atom is -0.493 e.